The summed E-state index contributed by atoms with van der Waals surface area (Å²) in [5, 5.41) is 4.44. The summed E-state index contributed by atoms with van der Waals surface area (Å²) in [5.41, 5.74) is 0.877. The molecular weight excluding hydrogens is 257 g/mol. The van der Waals surface area contributed by atoms with Gasteiger partial charge in [-0.2, -0.15) is 0 Å². The highest BCUT2D eigenvalue weighted by Gasteiger charge is 2.24. The SMILES string of the molecule is CNCC1CCCN1Cc1nc(Cl)ccc1Cl. The third kappa shape index (κ3) is 3.32. The average Bonchev–Trinajstić information content (AvgIpc) is 2.72. The van der Waals surface area contributed by atoms with E-state index >= 15 is 0 Å². The maximum Gasteiger partial charge on any atom is 0.129 e. The normalized spacial score (nSPS) is 21.0. The van der Waals surface area contributed by atoms with E-state index < -0.39 is 0 Å². The van der Waals surface area contributed by atoms with E-state index in [1.165, 1.54) is 12.8 Å². The Bertz CT molecular complexity index is 384. The second-order valence-electron chi connectivity index (χ2n) is 4.39. The van der Waals surface area contributed by atoms with Gasteiger partial charge in [-0.05, 0) is 38.6 Å². The number of likely N-dealkylation sites (N-methyl/N-ethyl adjacent to an activating group) is 1. The fraction of sp³-hybridized carbons (Fsp3) is 0.583. The summed E-state index contributed by atoms with van der Waals surface area (Å²) < 4.78 is 0. The summed E-state index contributed by atoms with van der Waals surface area (Å²) in [6, 6.07) is 4.12. The predicted octanol–water partition coefficient (Wildman–Crippen LogP) is 2.57. The second-order valence-corrected chi connectivity index (χ2v) is 5.18. The van der Waals surface area contributed by atoms with Crippen LogP contribution in [0.1, 0.15) is 18.5 Å². The summed E-state index contributed by atoms with van der Waals surface area (Å²) in [4.78, 5) is 6.72. The van der Waals surface area contributed by atoms with Crippen LogP contribution >= 0.6 is 23.2 Å². The molecule has 1 N–H and O–H groups in total. The number of halogens is 2. The van der Waals surface area contributed by atoms with Gasteiger partial charge < -0.3 is 5.32 Å². The molecule has 1 aromatic heterocycles. The zero-order valence-electron chi connectivity index (χ0n) is 9.92. The fourth-order valence-corrected chi connectivity index (χ4v) is 2.66. The number of pyridine rings is 1. The molecule has 0 spiro atoms. The lowest BCUT2D eigenvalue weighted by atomic mass is 10.2. The molecule has 3 nitrogen and oxygen atoms in total. The van der Waals surface area contributed by atoms with Gasteiger partial charge in [-0.25, -0.2) is 4.98 Å². The van der Waals surface area contributed by atoms with Crippen LogP contribution in [0, 0.1) is 0 Å². The van der Waals surface area contributed by atoms with Crippen molar-refractivity contribution in [3.8, 4) is 0 Å². The molecular formula is C12H17Cl2N3. The molecule has 0 aromatic carbocycles. The Morgan fingerprint density at radius 3 is 3.06 bits per heavy atom. The highest BCUT2D eigenvalue weighted by molar-refractivity contribution is 6.32. The summed E-state index contributed by atoms with van der Waals surface area (Å²) in [5.74, 6) is 0. The molecule has 1 fully saturated rings. The molecule has 1 aromatic rings. The van der Waals surface area contributed by atoms with Crippen LogP contribution in [0.3, 0.4) is 0 Å². The summed E-state index contributed by atoms with van der Waals surface area (Å²) in [7, 11) is 1.99. The van der Waals surface area contributed by atoms with Gasteiger partial charge in [0.25, 0.3) is 0 Å². The molecule has 0 radical (unpaired) electrons. The van der Waals surface area contributed by atoms with E-state index in [0.29, 0.717) is 16.2 Å². The van der Waals surface area contributed by atoms with Crippen LogP contribution in [-0.4, -0.2) is 36.1 Å². The number of aromatic nitrogens is 1. The van der Waals surface area contributed by atoms with Crippen LogP contribution in [0.25, 0.3) is 0 Å². The minimum absolute atomic E-state index is 0.508. The predicted molar refractivity (Wildman–Crippen MR) is 71.6 cm³/mol. The van der Waals surface area contributed by atoms with Gasteiger partial charge in [0.15, 0.2) is 0 Å². The van der Waals surface area contributed by atoms with E-state index in [1.807, 2.05) is 13.1 Å². The van der Waals surface area contributed by atoms with Crippen molar-refractivity contribution in [1.29, 1.82) is 0 Å². The standard InChI is InChI=1S/C12H17Cl2N3/c1-15-7-9-3-2-6-17(9)8-11-10(13)4-5-12(14)16-11/h4-5,9,15H,2-3,6-8H2,1H3. The molecule has 0 aliphatic carbocycles. The lowest BCUT2D eigenvalue weighted by Crippen LogP contribution is -2.36. The van der Waals surface area contributed by atoms with E-state index in [2.05, 4.69) is 15.2 Å². The Balaban J connectivity index is 2.06. The largest absolute Gasteiger partial charge is 0.318 e. The molecule has 17 heavy (non-hydrogen) atoms. The van der Waals surface area contributed by atoms with E-state index in [1.54, 1.807) is 6.07 Å². The van der Waals surface area contributed by atoms with Gasteiger partial charge in [-0.3, -0.25) is 4.90 Å². The Morgan fingerprint density at radius 2 is 2.29 bits per heavy atom. The molecule has 0 bridgehead atoms. The third-order valence-corrected chi connectivity index (χ3v) is 3.73. The van der Waals surface area contributed by atoms with Crippen molar-refractivity contribution < 1.29 is 0 Å². The van der Waals surface area contributed by atoms with Crippen LogP contribution < -0.4 is 5.32 Å². The van der Waals surface area contributed by atoms with E-state index in [4.69, 9.17) is 23.2 Å². The lowest BCUT2D eigenvalue weighted by molar-refractivity contribution is 0.239. The average molecular weight is 274 g/mol. The Labute approximate surface area is 112 Å². The van der Waals surface area contributed by atoms with Crippen molar-refractivity contribution in [3.05, 3.63) is 28.0 Å². The van der Waals surface area contributed by atoms with Crippen molar-refractivity contribution in [2.45, 2.75) is 25.4 Å². The van der Waals surface area contributed by atoms with Gasteiger partial charge in [0, 0.05) is 19.1 Å². The Morgan fingerprint density at radius 1 is 1.47 bits per heavy atom. The van der Waals surface area contributed by atoms with Crippen LogP contribution in [-0.2, 0) is 6.54 Å². The highest BCUT2D eigenvalue weighted by atomic mass is 35.5. The summed E-state index contributed by atoms with van der Waals surface area (Å²) in [6.45, 7) is 2.90. The number of nitrogens with one attached hydrogen (secondary N) is 1. The quantitative estimate of drug-likeness (QED) is 0.855. The molecule has 0 amide bonds. The maximum atomic E-state index is 6.14. The molecule has 1 aliphatic rings. The van der Waals surface area contributed by atoms with Crippen molar-refractivity contribution in [2.75, 3.05) is 20.1 Å². The monoisotopic (exact) mass is 273 g/mol. The van der Waals surface area contributed by atoms with Crippen molar-refractivity contribution in [2.24, 2.45) is 0 Å². The Kier molecular flexibility index (Phi) is 4.62. The van der Waals surface area contributed by atoms with Gasteiger partial charge in [0.05, 0.1) is 10.7 Å². The topological polar surface area (TPSA) is 28.2 Å². The molecule has 1 aliphatic heterocycles. The zero-order chi connectivity index (χ0) is 12.3. The molecule has 2 rings (SSSR count). The number of hydrogen-bond donors (Lipinski definition) is 1. The summed E-state index contributed by atoms with van der Waals surface area (Å²) >= 11 is 12.0. The van der Waals surface area contributed by atoms with Crippen molar-refractivity contribution in [1.82, 2.24) is 15.2 Å². The van der Waals surface area contributed by atoms with Crippen LogP contribution in [0.5, 0.6) is 0 Å². The molecule has 5 heteroatoms. The molecule has 0 saturated carbocycles. The molecule has 1 atom stereocenters. The van der Waals surface area contributed by atoms with E-state index in [0.717, 1.165) is 25.3 Å². The van der Waals surface area contributed by atoms with Gasteiger partial charge in [-0.15, -0.1) is 0 Å². The maximum absolute atomic E-state index is 6.14. The molecule has 94 valence electrons. The van der Waals surface area contributed by atoms with Gasteiger partial charge >= 0.3 is 0 Å². The van der Waals surface area contributed by atoms with Crippen LogP contribution in [0.15, 0.2) is 12.1 Å². The first-order valence-corrected chi connectivity index (χ1v) is 6.66. The highest BCUT2D eigenvalue weighted by Crippen LogP contribution is 2.23. The first-order valence-electron chi connectivity index (χ1n) is 5.90. The minimum atomic E-state index is 0.508. The molecule has 1 unspecified atom stereocenters. The number of rotatable bonds is 4. The van der Waals surface area contributed by atoms with E-state index in [9.17, 15) is 0 Å². The van der Waals surface area contributed by atoms with Gasteiger partial charge in [-0.1, -0.05) is 23.2 Å². The van der Waals surface area contributed by atoms with Crippen molar-refractivity contribution >= 4 is 23.2 Å². The minimum Gasteiger partial charge on any atom is -0.318 e. The fourth-order valence-electron chi connectivity index (χ4n) is 2.33. The second kappa shape index (κ2) is 6.01. The molecule has 2 heterocycles. The van der Waals surface area contributed by atoms with Gasteiger partial charge in [0.2, 0.25) is 0 Å². The first kappa shape index (κ1) is 13.1. The third-order valence-electron chi connectivity index (χ3n) is 3.18. The number of nitrogens with zero attached hydrogens (tertiary/aromatic N) is 2. The lowest BCUT2D eigenvalue weighted by Gasteiger charge is -2.24. The first-order chi connectivity index (χ1) is 8.20. The Hall–Kier alpha value is -0.350. The molecule has 1 saturated heterocycles. The van der Waals surface area contributed by atoms with E-state index in [-0.39, 0.29) is 0 Å². The van der Waals surface area contributed by atoms with Crippen LogP contribution in [0.4, 0.5) is 0 Å². The number of likely N-dealkylation sites (tertiary alicyclic amines) is 1. The summed E-state index contributed by atoms with van der Waals surface area (Å²) in [6.07, 6.45) is 2.48. The van der Waals surface area contributed by atoms with Crippen molar-refractivity contribution in [3.63, 3.8) is 0 Å². The smallest absolute Gasteiger partial charge is 0.129 e. The van der Waals surface area contributed by atoms with Crippen LogP contribution in [0.2, 0.25) is 10.2 Å². The van der Waals surface area contributed by atoms with Gasteiger partial charge in [0.1, 0.15) is 5.15 Å². The number of hydrogen-bond acceptors (Lipinski definition) is 3. The zero-order valence-corrected chi connectivity index (χ0v) is 11.4.